The van der Waals surface area contributed by atoms with Gasteiger partial charge in [0.15, 0.2) is 0 Å². The summed E-state index contributed by atoms with van der Waals surface area (Å²) in [6, 6.07) is 0. The predicted octanol–water partition coefficient (Wildman–Crippen LogP) is 1.44. The fourth-order valence-corrected chi connectivity index (χ4v) is 1.76. The van der Waals surface area contributed by atoms with E-state index in [0.29, 0.717) is 6.42 Å². The molecule has 0 unspecified atom stereocenters. The van der Waals surface area contributed by atoms with E-state index >= 15 is 0 Å². The molecule has 1 rings (SSSR count). The van der Waals surface area contributed by atoms with Crippen LogP contribution in [0.1, 0.15) is 26.2 Å². The second-order valence-corrected chi connectivity index (χ2v) is 4.35. The molecule has 13 heavy (non-hydrogen) atoms. The molecule has 1 aliphatic rings. The first-order chi connectivity index (χ1) is 6.20. The minimum absolute atomic E-state index is 0.117. The van der Waals surface area contributed by atoms with E-state index in [9.17, 15) is 4.39 Å². The molecular formula is C10H20FNO. The molecule has 0 aromatic carbocycles. The lowest BCUT2D eigenvalue weighted by molar-refractivity contribution is 0.0576. The monoisotopic (exact) mass is 189 g/mol. The SMILES string of the molecule is CC1(CO)CCN(CCCF)CC1. The highest BCUT2D eigenvalue weighted by Gasteiger charge is 2.28. The van der Waals surface area contributed by atoms with E-state index < -0.39 is 0 Å². The quantitative estimate of drug-likeness (QED) is 0.723. The van der Waals surface area contributed by atoms with Gasteiger partial charge < -0.3 is 10.0 Å². The van der Waals surface area contributed by atoms with Crippen molar-refractivity contribution in [3.05, 3.63) is 0 Å². The second-order valence-electron chi connectivity index (χ2n) is 4.35. The molecule has 3 heteroatoms. The van der Waals surface area contributed by atoms with Crippen LogP contribution in [0.15, 0.2) is 0 Å². The zero-order valence-corrected chi connectivity index (χ0v) is 8.43. The van der Waals surface area contributed by atoms with Crippen molar-refractivity contribution in [2.24, 2.45) is 5.41 Å². The van der Waals surface area contributed by atoms with Crippen molar-refractivity contribution in [3.63, 3.8) is 0 Å². The standard InChI is InChI=1S/C10H20FNO/c1-10(9-13)3-7-12(8-4-10)6-2-5-11/h13H,2-9H2,1H3. The molecule has 0 aromatic heterocycles. The Kier molecular flexibility index (Phi) is 4.13. The Morgan fingerprint density at radius 2 is 2.00 bits per heavy atom. The highest BCUT2D eigenvalue weighted by atomic mass is 19.1. The van der Waals surface area contributed by atoms with Crippen LogP contribution in [-0.4, -0.2) is 42.9 Å². The molecule has 1 heterocycles. The summed E-state index contributed by atoms with van der Waals surface area (Å²) < 4.78 is 11.9. The van der Waals surface area contributed by atoms with Crippen LogP contribution < -0.4 is 0 Å². The highest BCUT2D eigenvalue weighted by molar-refractivity contribution is 4.81. The summed E-state index contributed by atoms with van der Waals surface area (Å²) in [5.74, 6) is 0. The molecular weight excluding hydrogens is 169 g/mol. The van der Waals surface area contributed by atoms with E-state index in [1.54, 1.807) is 0 Å². The van der Waals surface area contributed by atoms with Gasteiger partial charge in [-0.25, -0.2) is 0 Å². The van der Waals surface area contributed by atoms with Crippen LogP contribution in [0.2, 0.25) is 0 Å². The molecule has 0 spiro atoms. The van der Waals surface area contributed by atoms with Gasteiger partial charge in [-0.3, -0.25) is 4.39 Å². The first-order valence-corrected chi connectivity index (χ1v) is 5.09. The summed E-state index contributed by atoms with van der Waals surface area (Å²) in [6.45, 7) is 5.09. The minimum atomic E-state index is -0.215. The van der Waals surface area contributed by atoms with Crippen molar-refractivity contribution in [2.45, 2.75) is 26.2 Å². The van der Waals surface area contributed by atoms with Gasteiger partial charge in [0.05, 0.1) is 6.67 Å². The molecule has 1 aliphatic heterocycles. The maximum Gasteiger partial charge on any atom is 0.0906 e. The Bertz CT molecular complexity index is 144. The number of hydrogen-bond acceptors (Lipinski definition) is 2. The number of halogens is 1. The summed E-state index contributed by atoms with van der Waals surface area (Å²) in [4.78, 5) is 2.29. The molecule has 78 valence electrons. The normalized spacial score (nSPS) is 23.3. The van der Waals surface area contributed by atoms with Crippen LogP contribution in [0.4, 0.5) is 4.39 Å². The highest BCUT2D eigenvalue weighted by Crippen LogP contribution is 2.29. The van der Waals surface area contributed by atoms with E-state index in [-0.39, 0.29) is 18.7 Å². The number of rotatable bonds is 4. The third-order valence-electron chi connectivity index (χ3n) is 3.05. The lowest BCUT2D eigenvalue weighted by Crippen LogP contribution is -2.40. The molecule has 2 nitrogen and oxygen atoms in total. The fraction of sp³-hybridized carbons (Fsp3) is 1.00. The Balaban J connectivity index is 2.22. The van der Waals surface area contributed by atoms with E-state index in [1.165, 1.54) is 0 Å². The van der Waals surface area contributed by atoms with Gasteiger partial charge in [-0.1, -0.05) is 6.92 Å². The van der Waals surface area contributed by atoms with Gasteiger partial charge in [0.1, 0.15) is 0 Å². The first kappa shape index (κ1) is 10.9. The number of hydrogen-bond donors (Lipinski definition) is 1. The minimum Gasteiger partial charge on any atom is -0.396 e. The number of likely N-dealkylation sites (tertiary alicyclic amines) is 1. The average Bonchev–Trinajstić information content (AvgIpc) is 2.17. The van der Waals surface area contributed by atoms with Crippen LogP contribution in [-0.2, 0) is 0 Å². The summed E-state index contributed by atoms with van der Waals surface area (Å²) in [5.41, 5.74) is 0.117. The van der Waals surface area contributed by atoms with Gasteiger partial charge in [0.25, 0.3) is 0 Å². The largest absolute Gasteiger partial charge is 0.396 e. The first-order valence-electron chi connectivity index (χ1n) is 5.09. The van der Waals surface area contributed by atoms with Crippen LogP contribution in [0.25, 0.3) is 0 Å². The number of aliphatic hydroxyl groups excluding tert-OH is 1. The van der Waals surface area contributed by atoms with Crippen molar-refractivity contribution < 1.29 is 9.50 Å². The number of nitrogens with zero attached hydrogens (tertiary/aromatic N) is 1. The van der Waals surface area contributed by atoms with Crippen LogP contribution >= 0.6 is 0 Å². The molecule has 0 aromatic rings. The van der Waals surface area contributed by atoms with Crippen LogP contribution in [0.5, 0.6) is 0 Å². The molecule has 1 N–H and O–H groups in total. The Morgan fingerprint density at radius 1 is 1.38 bits per heavy atom. The van der Waals surface area contributed by atoms with E-state index in [1.807, 2.05) is 0 Å². The van der Waals surface area contributed by atoms with Gasteiger partial charge in [0, 0.05) is 13.2 Å². The summed E-state index contributed by atoms with van der Waals surface area (Å²) in [6.07, 6.45) is 2.72. The number of piperidine rings is 1. The molecule has 1 fully saturated rings. The van der Waals surface area contributed by atoms with Gasteiger partial charge in [-0.15, -0.1) is 0 Å². The third-order valence-corrected chi connectivity index (χ3v) is 3.05. The van der Waals surface area contributed by atoms with Gasteiger partial charge in [-0.05, 0) is 37.8 Å². The zero-order chi connectivity index (χ0) is 9.73. The van der Waals surface area contributed by atoms with Crippen molar-refractivity contribution in [1.82, 2.24) is 4.90 Å². The summed E-state index contributed by atoms with van der Waals surface area (Å²) in [5, 5.41) is 9.13. The zero-order valence-electron chi connectivity index (χ0n) is 8.43. The van der Waals surface area contributed by atoms with Crippen LogP contribution in [0.3, 0.4) is 0 Å². The van der Waals surface area contributed by atoms with Crippen LogP contribution in [0, 0.1) is 5.41 Å². The van der Waals surface area contributed by atoms with Crippen molar-refractivity contribution >= 4 is 0 Å². The van der Waals surface area contributed by atoms with Gasteiger partial charge in [-0.2, -0.15) is 0 Å². The number of alkyl halides is 1. The van der Waals surface area contributed by atoms with Gasteiger partial charge in [0.2, 0.25) is 0 Å². The van der Waals surface area contributed by atoms with Crippen molar-refractivity contribution in [1.29, 1.82) is 0 Å². The maximum atomic E-state index is 11.9. The topological polar surface area (TPSA) is 23.5 Å². The third kappa shape index (κ3) is 3.24. The Hall–Kier alpha value is -0.150. The maximum absolute atomic E-state index is 11.9. The molecule has 0 bridgehead atoms. The van der Waals surface area contributed by atoms with Crippen molar-refractivity contribution in [2.75, 3.05) is 32.9 Å². The predicted molar refractivity (Wildman–Crippen MR) is 51.5 cm³/mol. The summed E-state index contributed by atoms with van der Waals surface area (Å²) >= 11 is 0. The molecule has 0 saturated carbocycles. The molecule has 0 atom stereocenters. The Labute approximate surface area is 79.7 Å². The van der Waals surface area contributed by atoms with E-state index in [0.717, 1.165) is 32.5 Å². The van der Waals surface area contributed by atoms with Crippen molar-refractivity contribution in [3.8, 4) is 0 Å². The lowest BCUT2D eigenvalue weighted by Gasteiger charge is -2.38. The molecule has 1 saturated heterocycles. The number of aliphatic hydroxyl groups is 1. The molecule has 0 aliphatic carbocycles. The Morgan fingerprint density at radius 3 is 2.46 bits per heavy atom. The van der Waals surface area contributed by atoms with Gasteiger partial charge >= 0.3 is 0 Å². The van der Waals surface area contributed by atoms with E-state index in [4.69, 9.17) is 5.11 Å². The van der Waals surface area contributed by atoms with E-state index in [2.05, 4.69) is 11.8 Å². The fourth-order valence-electron chi connectivity index (χ4n) is 1.76. The molecule has 0 amide bonds. The summed E-state index contributed by atoms with van der Waals surface area (Å²) in [7, 11) is 0. The smallest absolute Gasteiger partial charge is 0.0906 e. The second kappa shape index (κ2) is 4.91. The lowest BCUT2D eigenvalue weighted by atomic mass is 9.81. The average molecular weight is 189 g/mol. The molecule has 0 radical (unpaired) electrons.